The maximum absolute atomic E-state index is 11.8. The number of anilines is 1. The summed E-state index contributed by atoms with van der Waals surface area (Å²) in [6, 6.07) is 5.55. The zero-order chi connectivity index (χ0) is 15.9. The molecule has 120 valence electrons. The second-order valence-electron chi connectivity index (χ2n) is 5.62. The number of thiazole rings is 1. The van der Waals surface area contributed by atoms with Gasteiger partial charge in [0.15, 0.2) is 0 Å². The van der Waals surface area contributed by atoms with Crippen LogP contribution in [0.2, 0.25) is 0 Å². The lowest BCUT2D eigenvalue weighted by Crippen LogP contribution is -2.30. The molecule has 0 saturated heterocycles. The van der Waals surface area contributed by atoms with E-state index >= 15 is 0 Å². The van der Waals surface area contributed by atoms with Crippen LogP contribution < -0.4 is 10.6 Å². The highest BCUT2D eigenvalue weighted by Crippen LogP contribution is 2.24. The number of hydrogen-bond acceptors (Lipinski definition) is 4. The fourth-order valence-electron chi connectivity index (χ4n) is 1.99. The van der Waals surface area contributed by atoms with E-state index in [1.54, 1.807) is 11.3 Å². The van der Waals surface area contributed by atoms with Crippen LogP contribution in [0.3, 0.4) is 0 Å². The van der Waals surface area contributed by atoms with Crippen LogP contribution in [0.15, 0.2) is 18.2 Å². The van der Waals surface area contributed by atoms with Crippen LogP contribution in [0.5, 0.6) is 0 Å². The number of ether oxygens (including phenoxy) is 1. The van der Waals surface area contributed by atoms with Gasteiger partial charge >= 0.3 is 6.03 Å². The molecule has 2 rings (SSSR count). The van der Waals surface area contributed by atoms with Crippen LogP contribution in [-0.2, 0) is 4.74 Å². The van der Waals surface area contributed by atoms with Crippen LogP contribution >= 0.6 is 11.3 Å². The average Bonchev–Trinajstić information content (AvgIpc) is 2.81. The third kappa shape index (κ3) is 5.27. The summed E-state index contributed by atoms with van der Waals surface area (Å²) in [5, 5.41) is 6.70. The second-order valence-corrected chi connectivity index (χ2v) is 6.85. The predicted octanol–water partition coefficient (Wildman–Crippen LogP) is 3.79. The smallest absolute Gasteiger partial charge is 0.319 e. The van der Waals surface area contributed by atoms with E-state index in [0.717, 1.165) is 33.9 Å². The van der Waals surface area contributed by atoms with Crippen molar-refractivity contribution < 1.29 is 9.53 Å². The lowest BCUT2D eigenvalue weighted by molar-refractivity contribution is 0.108. The van der Waals surface area contributed by atoms with Crippen molar-refractivity contribution in [2.24, 2.45) is 5.92 Å². The molecule has 2 amide bonds. The van der Waals surface area contributed by atoms with E-state index in [2.05, 4.69) is 29.5 Å². The number of nitrogens with zero attached hydrogens (tertiary/aromatic N) is 1. The minimum atomic E-state index is -0.190. The Hall–Kier alpha value is -1.66. The van der Waals surface area contributed by atoms with Gasteiger partial charge in [0.2, 0.25) is 0 Å². The summed E-state index contributed by atoms with van der Waals surface area (Å²) in [6.07, 6.45) is 0.813. The van der Waals surface area contributed by atoms with Crippen LogP contribution in [0.4, 0.5) is 10.5 Å². The van der Waals surface area contributed by atoms with Crippen molar-refractivity contribution in [2.45, 2.75) is 27.2 Å². The number of hydrogen-bond donors (Lipinski definition) is 2. The van der Waals surface area contributed by atoms with Crippen molar-refractivity contribution in [1.29, 1.82) is 0 Å². The van der Waals surface area contributed by atoms with Crippen LogP contribution in [0, 0.1) is 12.8 Å². The fraction of sp³-hybridized carbons (Fsp3) is 0.500. The Morgan fingerprint density at radius 1 is 1.41 bits per heavy atom. The average molecular weight is 321 g/mol. The molecule has 1 heterocycles. The Kier molecular flexibility index (Phi) is 6.15. The topological polar surface area (TPSA) is 63.2 Å². The minimum Gasteiger partial charge on any atom is -0.381 e. The molecule has 0 fully saturated rings. The van der Waals surface area contributed by atoms with E-state index in [0.29, 0.717) is 19.1 Å². The second kappa shape index (κ2) is 8.10. The number of nitrogens with one attached hydrogen (secondary N) is 2. The van der Waals surface area contributed by atoms with Gasteiger partial charge in [-0.05, 0) is 37.5 Å². The molecule has 22 heavy (non-hydrogen) atoms. The Bertz CT molecular complexity index is 625. The molecule has 0 atom stereocenters. The van der Waals surface area contributed by atoms with E-state index in [1.807, 2.05) is 25.1 Å². The van der Waals surface area contributed by atoms with Crippen LogP contribution in [0.1, 0.15) is 25.3 Å². The van der Waals surface area contributed by atoms with Crippen LogP contribution in [0.25, 0.3) is 10.2 Å². The summed E-state index contributed by atoms with van der Waals surface area (Å²) in [5.41, 5.74) is 1.75. The molecule has 6 heteroatoms. The highest BCUT2D eigenvalue weighted by molar-refractivity contribution is 7.18. The number of aromatic nitrogens is 1. The summed E-state index contributed by atoms with van der Waals surface area (Å²) in [4.78, 5) is 16.2. The molecule has 0 saturated carbocycles. The maximum atomic E-state index is 11.8. The molecule has 0 aliphatic heterocycles. The lowest BCUT2D eigenvalue weighted by Gasteiger charge is -2.09. The summed E-state index contributed by atoms with van der Waals surface area (Å²) < 4.78 is 6.55. The summed E-state index contributed by atoms with van der Waals surface area (Å²) in [6.45, 7) is 8.25. The zero-order valence-corrected chi connectivity index (χ0v) is 14.1. The Balaban J connectivity index is 1.71. The first-order valence-corrected chi connectivity index (χ1v) is 8.36. The fourth-order valence-corrected chi connectivity index (χ4v) is 2.85. The molecule has 1 aromatic carbocycles. The first kappa shape index (κ1) is 16.7. The van der Waals surface area contributed by atoms with Crippen molar-refractivity contribution in [1.82, 2.24) is 10.3 Å². The van der Waals surface area contributed by atoms with Gasteiger partial charge < -0.3 is 15.4 Å². The van der Waals surface area contributed by atoms with Crippen molar-refractivity contribution >= 4 is 33.3 Å². The standard InChI is InChI=1S/C16H23N3O2S/c1-11(2)10-21-8-4-7-17-16(20)19-13-5-6-14-15(9-13)22-12(3)18-14/h5-6,9,11H,4,7-8,10H2,1-3H3,(H2,17,19,20). The van der Waals surface area contributed by atoms with E-state index in [1.165, 1.54) is 0 Å². The van der Waals surface area contributed by atoms with Crippen molar-refractivity contribution in [3.8, 4) is 0 Å². The molecule has 2 aromatic rings. The summed E-state index contributed by atoms with van der Waals surface area (Å²) in [7, 11) is 0. The Morgan fingerprint density at radius 2 is 2.23 bits per heavy atom. The Morgan fingerprint density at radius 3 is 3.00 bits per heavy atom. The highest BCUT2D eigenvalue weighted by Gasteiger charge is 2.04. The number of carbonyl (C=O) groups is 1. The van der Waals surface area contributed by atoms with Crippen molar-refractivity contribution in [2.75, 3.05) is 25.1 Å². The van der Waals surface area contributed by atoms with Gasteiger partial charge in [-0.2, -0.15) is 0 Å². The van der Waals surface area contributed by atoms with E-state index < -0.39 is 0 Å². The van der Waals surface area contributed by atoms with Gasteiger partial charge in [0.05, 0.1) is 15.2 Å². The first-order chi connectivity index (χ1) is 10.5. The molecular weight excluding hydrogens is 298 g/mol. The van der Waals surface area contributed by atoms with E-state index in [4.69, 9.17) is 4.74 Å². The Labute approximate surface area is 135 Å². The third-order valence-corrected chi connectivity index (χ3v) is 3.89. The molecule has 0 radical (unpaired) electrons. The van der Waals surface area contributed by atoms with Crippen LogP contribution in [-0.4, -0.2) is 30.8 Å². The highest BCUT2D eigenvalue weighted by atomic mass is 32.1. The number of rotatable bonds is 7. The molecule has 0 aliphatic rings. The number of carbonyl (C=O) groups excluding carboxylic acids is 1. The van der Waals surface area contributed by atoms with Crippen molar-refractivity contribution in [3.05, 3.63) is 23.2 Å². The van der Waals surface area contributed by atoms with Gasteiger partial charge in [0, 0.05) is 25.4 Å². The van der Waals surface area contributed by atoms with Gasteiger partial charge in [-0.15, -0.1) is 11.3 Å². The molecule has 1 aromatic heterocycles. The quantitative estimate of drug-likeness (QED) is 0.763. The summed E-state index contributed by atoms with van der Waals surface area (Å²) >= 11 is 1.62. The third-order valence-electron chi connectivity index (χ3n) is 2.96. The SMILES string of the molecule is Cc1nc2ccc(NC(=O)NCCCOCC(C)C)cc2s1. The number of benzene rings is 1. The van der Waals surface area contributed by atoms with Gasteiger partial charge in [0.1, 0.15) is 0 Å². The number of fused-ring (bicyclic) bond motifs is 1. The largest absolute Gasteiger partial charge is 0.381 e. The van der Waals surface area contributed by atoms with E-state index in [9.17, 15) is 4.79 Å². The molecular formula is C16H23N3O2S. The number of urea groups is 1. The predicted molar refractivity (Wildman–Crippen MR) is 91.7 cm³/mol. The monoisotopic (exact) mass is 321 g/mol. The van der Waals surface area contributed by atoms with Crippen molar-refractivity contribution in [3.63, 3.8) is 0 Å². The summed E-state index contributed by atoms with van der Waals surface area (Å²) in [5.74, 6) is 0.543. The number of aryl methyl sites for hydroxylation is 1. The number of amides is 2. The molecule has 0 bridgehead atoms. The molecule has 2 N–H and O–H groups in total. The van der Waals surface area contributed by atoms with Gasteiger partial charge in [-0.1, -0.05) is 13.8 Å². The molecule has 5 nitrogen and oxygen atoms in total. The van der Waals surface area contributed by atoms with Gasteiger partial charge in [0.25, 0.3) is 0 Å². The molecule has 0 spiro atoms. The first-order valence-electron chi connectivity index (χ1n) is 7.54. The molecule has 0 aliphatic carbocycles. The van der Waals surface area contributed by atoms with E-state index in [-0.39, 0.29) is 6.03 Å². The lowest BCUT2D eigenvalue weighted by atomic mass is 10.2. The minimum absolute atomic E-state index is 0.190. The molecule has 0 unspecified atom stereocenters. The maximum Gasteiger partial charge on any atom is 0.319 e. The van der Waals surface area contributed by atoms with Gasteiger partial charge in [-0.25, -0.2) is 9.78 Å². The normalized spacial score (nSPS) is 11.1. The zero-order valence-electron chi connectivity index (χ0n) is 13.3. The van der Waals surface area contributed by atoms with Gasteiger partial charge in [-0.3, -0.25) is 0 Å².